The van der Waals surface area contributed by atoms with E-state index in [2.05, 4.69) is 46.2 Å². The van der Waals surface area contributed by atoms with Crippen LogP contribution in [0.3, 0.4) is 0 Å². The number of hydrogen-bond acceptors (Lipinski definition) is 3. The van der Waals surface area contributed by atoms with E-state index in [1.165, 1.54) is 5.56 Å². The van der Waals surface area contributed by atoms with Crippen molar-refractivity contribution in [1.29, 1.82) is 0 Å². The van der Waals surface area contributed by atoms with Crippen LogP contribution in [0.25, 0.3) is 0 Å². The highest BCUT2D eigenvalue weighted by atomic mass is 16.3. The fraction of sp³-hybridized carbons (Fsp3) is 0.500. The van der Waals surface area contributed by atoms with E-state index in [1.54, 1.807) is 0 Å². The van der Waals surface area contributed by atoms with Crippen LogP contribution in [0.2, 0.25) is 0 Å². The second kappa shape index (κ2) is 7.43. The van der Waals surface area contributed by atoms with Crippen LogP contribution in [0.15, 0.2) is 42.5 Å². The Morgan fingerprint density at radius 2 is 1.84 bits per heavy atom. The number of β-amino-alcohol motifs (C(OH)–C–C–N with tert-alkyl or cyclic N) is 1. The summed E-state index contributed by atoms with van der Waals surface area (Å²) < 4.78 is 0. The van der Waals surface area contributed by atoms with Crippen molar-refractivity contribution >= 4 is 0 Å². The average Bonchev–Trinajstić information content (AvgIpc) is 2.59. The molecule has 0 unspecified atom stereocenters. The van der Waals surface area contributed by atoms with Crippen molar-refractivity contribution < 1.29 is 5.11 Å². The number of rotatable bonds is 4. The molecule has 1 saturated heterocycles. The molecule has 1 aromatic carbocycles. The highest BCUT2D eigenvalue weighted by molar-refractivity contribution is 5.14. The van der Waals surface area contributed by atoms with Crippen LogP contribution in [-0.4, -0.2) is 53.7 Å². The van der Waals surface area contributed by atoms with E-state index >= 15 is 0 Å². The third-order valence-electron chi connectivity index (χ3n) is 3.52. The Morgan fingerprint density at radius 3 is 2.58 bits per heavy atom. The first-order valence-electron chi connectivity index (χ1n) is 7.06. The lowest BCUT2D eigenvalue weighted by Crippen LogP contribution is -2.33. The lowest BCUT2D eigenvalue weighted by molar-refractivity contribution is 0.110. The molecule has 1 aliphatic heterocycles. The minimum Gasteiger partial charge on any atom is -0.390 e. The maximum atomic E-state index is 10.1. The summed E-state index contributed by atoms with van der Waals surface area (Å²) in [6.07, 6.45) is 3.97. The Hall–Kier alpha value is -1.16. The molecule has 2 rings (SSSR count). The summed E-state index contributed by atoms with van der Waals surface area (Å²) in [5, 5.41) is 10.1. The summed E-state index contributed by atoms with van der Waals surface area (Å²) in [5.41, 5.74) is 1.32. The van der Waals surface area contributed by atoms with Gasteiger partial charge in [-0.2, -0.15) is 0 Å². The first kappa shape index (κ1) is 14.3. The molecule has 3 nitrogen and oxygen atoms in total. The van der Waals surface area contributed by atoms with E-state index in [0.717, 1.165) is 39.3 Å². The van der Waals surface area contributed by atoms with Gasteiger partial charge in [-0.05, 0) is 12.5 Å². The van der Waals surface area contributed by atoms with Crippen LogP contribution in [0.1, 0.15) is 12.5 Å². The van der Waals surface area contributed by atoms with Crippen LogP contribution < -0.4 is 0 Å². The molecule has 1 fully saturated rings. The summed E-state index contributed by atoms with van der Waals surface area (Å²) in [6, 6.07) is 10.5. The summed E-state index contributed by atoms with van der Waals surface area (Å²) in [7, 11) is 0. The van der Waals surface area contributed by atoms with E-state index in [-0.39, 0.29) is 6.10 Å². The molecular weight excluding hydrogens is 236 g/mol. The number of aliphatic hydroxyl groups excluding tert-OH is 1. The molecule has 0 saturated carbocycles. The molecule has 0 aromatic heterocycles. The third-order valence-corrected chi connectivity index (χ3v) is 3.52. The monoisotopic (exact) mass is 260 g/mol. The molecule has 1 aliphatic rings. The molecule has 1 N–H and O–H groups in total. The first-order chi connectivity index (χ1) is 9.28. The molecule has 0 amide bonds. The SMILES string of the molecule is C/C=C/CN1CCN(Cc2ccccc2)C[C@@H](O)C1. The van der Waals surface area contributed by atoms with E-state index in [1.807, 2.05) is 13.0 Å². The van der Waals surface area contributed by atoms with Gasteiger partial charge in [0.15, 0.2) is 0 Å². The highest BCUT2D eigenvalue weighted by Crippen LogP contribution is 2.09. The van der Waals surface area contributed by atoms with Crippen LogP contribution in [0.4, 0.5) is 0 Å². The van der Waals surface area contributed by atoms with Crippen molar-refractivity contribution in [3.63, 3.8) is 0 Å². The van der Waals surface area contributed by atoms with Crippen molar-refractivity contribution in [2.75, 3.05) is 32.7 Å². The van der Waals surface area contributed by atoms with Crippen LogP contribution >= 0.6 is 0 Å². The van der Waals surface area contributed by atoms with E-state index in [4.69, 9.17) is 0 Å². The van der Waals surface area contributed by atoms with Gasteiger partial charge in [-0.25, -0.2) is 0 Å². The zero-order chi connectivity index (χ0) is 13.5. The van der Waals surface area contributed by atoms with Gasteiger partial charge in [0.25, 0.3) is 0 Å². The number of hydrogen-bond donors (Lipinski definition) is 1. The zero-order valence-corrected chi connectivity index (χ0v) is 11.7. The fourth-order valence-electron chi connectivity index (χ4n) is 2.52. The Kier molecular flexibility index (Phi) is 5.58. The van der Waals surface area contributed by atoms with Crippen molar-refractivity contribution in [2.24, 2.45) is 0 Å². The van der Waals surface area contributed by atoms with Gasteiger partial charge in [-0.15, -0.1) is 0 Å². The summed E-state index contributed by atoms with van der Waals surface area (Å²) in [5.74, 6) is 0. The van der Waals surface area contributed by atoms with Crippen LogP contribution in [0, 0.1) is 0 Å². The van der Waals surface area contributed by atoms with E-state index in [9.17, 15) is 5.11 Å². The lowest BCUT2D eigenvalue weighted by Gasteiger charge is -2.21. The minimum absolute atomic E-state index is 0.253. The average molecular weight is 260 g/mol. The standard InChI is InChI=1S/C16H24N2O/c1-2-3-9-17-10-11-18(14-16(19)13-17)12-15-7-5-4-6-8-15/h2-8,16,19H,9-14H2,1H3/b3-2+/t16-/m0/s1. The molecule has 0 radical (unpaired) electrons. The van der Waals surface area contributed by atoms with Gasteiger partial charge < -0.3 is 5.11 Å². The molecule has 3 heteroatoms. The Morgan fingerprint density at radius 1 is 1.16 bits per heavy atom. The van der Waals surface area contributed by atoms with Gasteiger partial charge in [-0.3, -0.25) is 9.80 Å². The largest absolute Gasteiger partial charge is 0.390 e. The number of allylic oxidation sites excluding steroid dienone is 1. The van der Waals surface area contributed by atoms with Crippen LogP contribution in [-0.2, 0) is 6.54 Å². The molecule has 0 spiro atoms. The summed E-state index contributed by atoms with van der Waals surface area (Å²) in [6.45, 7) is 7.48. The normalized spacial score (nSPS) is 22.7. The Balaban J connectivity index is 1.90. The first-order valence-corrected chi connectivity index (χ1v) is 7.06. The minimum atomic E-state index is -0.253. The lowest BCUT2D eigenvalue weighted by atomic mass is 10.2. The van der Waals surface area contributed by atoms with Gasteiger partial charge in [0.1, 0.15) is 0 Å². The Bertz CT molecular complexity index is 391. The molecule has 1 atom stereocenters. The van der Waals surface area contributed by atoms with Crippen molar-refractivity contribution in [3.05, 3.63) is 48.0 Å². The summed E-state index contributed by atoms with van der Waals surface area (Å²) in [4.78, 5) is 4.66. The third kappa shape index (κ3) is 4.78. The molecule has 19 heavy (non-hydrogen) atoms. The maximum Gasteiger partial charge on any atom is 0.0794 e. The number of aliphatic hydroxyl groups is 1. The Labute approximate surface area is 116 Å². The predicted octanol–water partition coefficient (Wildman–Crippen LogP) is 1.74. The second-order valence-electron chi connectivity index (χ2n) is 5.20. The van der Waals surface area contributed by atoms with Crippen molar-refractivity contribution in [2.45, 2.75) is 19.6 Å². The highest BCUT2D eigenvalue weighted by Gasteiger charge is 2.20. The van der Waals surface area contributed by atoms with Gasteiger partial charge in [-0.1, -0.05) is 42.5 Å². The fourth-order valence-corrected chi connectivity index (χ4v) is 2.52. The molecular formula is C16H24N2O. The predicted molar refractivity (Wildman–Crippen MR) is 79.0 cm³/mol. The molecule has 0 bridgehead atoms. The second-order valence-corrected chi connectivity index (χ2v) is 5.20. The zero-order valence-electron chi connectivity index (χ0n) is 11.7. The van der Waals surface area contributed by atoms with Crippen molar-refractivity contribution in [1.82, 2.24) is 9.80 Å². The van der Waals surface area contributed by atoms with E-state index in [0.29, 0.717) is 0 Å². The van der Waals surface area contributed by atoms with Gasteiger partial charge in [0.05, 0.1) is 6.10 Å². The van der Waals surface area contributed by atoms with Gasteiger partial charge in [0, 0.05) is 39.3 Å². The van der Waals surface area contributed by atoms with Crippen LogP contribution in [0.5, 0.6) is 0 Å². The maximum absolute atomic E-state index is 10.1. The molecule has 0 aliphatic carbocycles. The number of benzene rings is 1. The van der Waals surface area contributed by atoms with Gasteiger partial charge >= 0.3 is 0 Å². The van der Waals surface area contributed by atoms with Gasteiger partial charge in [0.2, 0.25) is 0 Å². The molecule has 1 aromatic rings. The quantitative estimate of drug-likeness (QED) is 0.835. The number of nitrogens with zero attached hydrogens (tertiary/aromatic N) is 2. The molecule has 1 heterocycles. The van der Waals surface area contributed by atoms with Crippen molar-refractivity contribution in [3.8, 4) is 0 Å². The molecule has 104 valence electrons. The topological polar surface area (TPSA) is 26.7 Å². The van der Waals surface area contributed by atoms with E-state index < -0.39 is 0 Å². The summed E-state index contributed by atoms with van der Waals surface area (Å²) >= 11 is 0. The smallest absolute Gasteiger partial charge is 0.0794 e.